The normalized spacial score (nSPS) is 15.4. The van der Waals surface area contributed by atoms with Gasteiger partial charge in [-0.2, -0.15) is 0 Å². The molecule has 0 unspecified atom stereocenters. The van der Waals surface area contributed by atoms with Crippen molar-refractivity contribution in [3.05, 3.63) is 5.53 Å². The molecule has 4 radical (unpaired) electrons. The molecular weight excluding hydrogens is 333 g/mol. The van der Waals surface area contributed by atoms with Gasteiger partial charge in [-0.3, -0.25) is 0 Å². The van der Waals surface area contributed by atoms with Crippen LogP contribution in [0.5, 0.6) is 0 Å². The van der Waals surface area contributed by atoms with E-state index < -0.39 is 0 Å². The predicted molar refractivity (Wildman–Crippen MR) is 36.9 cm³/mol. The van der Waals surface area contributed by atoms with Crippen LogP contribution in [0.2, 0.25) is 0 Å². The topological polar surface area (TPSA) is 54.9 Å². The van der Waals surface area contributed by atoms with Crippen molar-refractivity contribution in [1.29, 1.82) is 0 Å². The maximum absolute atomic E-state index is 8.07. The predicted octanol–water partition coefficient (Wildman–Crippen LogP) is -1.10. The Labute approximate surface area is 137 Å². The summed E-state index contributed by atoms with van der Waals surface area (Å²) in [6.45, 7) is 1.36. The van der Waals surface area contributed by atoms with Crippen molar-refractivity contribution >= 4 is 100 Å². The Kier molecular flexibility index (Phi) is 13.6. The standard InChI is InChI=1S/C4H6N2O2.Ba.Sr/c5-6-4-3-7-1-2-8-4;;/h1-3H2;;. The Morgan fingerprint density at radius 1 is 1.40 bits per heavy atom. The van der Waals surface area contributed by atoms with Crippen LogP contribution in [-0.4, -0.2) is 125 Å². The Morgan fingerprint density at radius 2 is 2.10 bits per heavy atom. The first kappa shape index (κ1) is 14.7. The van der Waals surface area contributed by atoms with Gasteiger partial charge in [0.15, 0.2) is 6.61 Å². The van der Waals surface area contributed by atoms with Crippen molar-refractivity contribution in [1.82, 2.24) is 0 Å². The number of ether oxygens (including phenoxy) is 2. The van der Waals surface area contributed by atoms with Crippen molar-refractivity contribution in [3.8, 4) is 0 Å². The Balaban J connectivity index is 0. The maximum atomic E-state index is 8.07. The first-order valence-corrected chi connectivity index (χ1v) is 2.35. The van der Waals surface area contributed by atoms with Gasteiger partial charge in [-0.25, -0.2) is 0 Å². The first-order valence-electron chi connectivity index (χ1n) is 2.35. The van der Waals surface area contributed by atoms with E-state index in [0.717, 1.165) is 0 Å². The van der Waals surface area contributed by atoms with Gasteiger partial charge in [-0.1, -0.05) is 0 Å². The van der Waals surface area contributed by atoms with Gasteiger partial charge in [-0.15, -0.1) is 4.79 Å². The van der Waals surface area contributed by atoms with E-state index in [2.05, 4.69) is 4.79 Å². The third kappa shape index (κ3) is 5.79. The van der Waals surface area contributed by atoms with E-state index in [-0.39, 0.29) is 107 Å². The number of nitrogens with zero attached hydrogens (tertiary/aromatic N) is 2. The fourth-order valence-corrected chi connectivity index (χ4v) is 0.477. The smallest absolute Gasteiger partial charge is 0.432 e. The minimum absolute atomic E-state index is 0. The molecule has 1 aliphatic heterocycles. The summed E-state index contributed by atoms with van der Waals surface area (Å²) in [6.07, 6.45) is 0. The molecule has 1 rings (SSSR count). The van der Waals surface area contributed by atoms with E-state index in [1.54, 1.807) is 0 Å². The van der Waals surface area contributed by atoms with Gasteiger partial charge in [0.05, 0.1) is 6.61 Å². The molecule has 10 heavy (non-hydrogen) atoms. The monoisotopic (exact) mass is 340 g/mol. The molecule has 1 saturated heterocycles. The van der Waals surface area contributed by atoms with Gasteiger partial charge in [0, 0.05) is 94.4 Å². The molecule has 0 aromatic heterocycles. The van der Waals surface area contributed by atoms with Gasteiger partial charge < -0.3 is 15.0 Å². The SMILES string of the molecule is [Ba].[N-]=[N+]=C1COCCO1.[Sr]. The largest absolute Gasteiger partial charge is 0.475 e. The van der Waals surface area contributed by atoms with Crippen LogP contribution in [0.1, 0.15) is 0 Å². The number of hydrogen-bond donors (Lipinski definition) is 0. The Morgan fingerprint density at radius 3 is 2.40 bits per heavy atom. The molecule has 0 atom stereocenters. The van der Waals surface area contributed by atoms with Crippen molar-refractivity contribution in [2.45, 2.75) is 0 Å². The van der Waals surface area contributed by atoms with E-state index in [0.29, 0.717) is 13.2 Å². The third-order valence-corrected chi connectivity index (χ3v) is 0.833. The molecule has 0 N–H and O–H groups in total. The Hall–Kier alpha value is 2.19. The Bertz CT molecular complexity index is 129. The second-order valence-electron chi connectivity index (χ2n) is 1.39. The molecule has 0 spiro atoms. The molecule has 0 aromatic rings. The summed E-state index contributed by atoms with van der Waals surface area (Å²) in [6, 6.07) is 0. The molecule has 0 bridgehead atoms. The molecule has 48 valence electrons. The quantitative estimate of drug-likeness (QED) is 0.320. The number of hydrogen-bond acceptors (Lipinski definition) is 2. The van der Waals surface area contributed by atoms with E-state index in [4.69, 9.17) is 15.0 Å². The molecule has 0 saturated carbocycles. The summed E-state index contributed by atoms with van der Waals surface area (Å²) < 4.78 is 9.66. The molecule has 1 fully saturated rings. The molecule has 0 amide bonds. The molecule has 6 heteroatoms. The zero-order chi connectivity index (χ0) is 5.82. The summed E-state index contributed by atoms with van der Waals surface area (Å²) in [5.41, 5.74) is 8.07. The van der Waals surface area contributed by atoms with Crippen molar-refractivity contribution in [2.75, 3.05) is 19.8 Å². The zero-order valence-corrected chi connectivity index (χ0v) is 13.7. The minimum Gasteiger partial charge on any atom is -0.432 e. The van der Waals surface area contributed by atoms with Crippen LogP contribution in [0, 0.1) is 0 Å². The summed E-state index contributed by atoms with van der Waals surface area (Å²) in [7, 11) is 0. The van der Waals surface area contributed by atoms with Crippen LogP contribution in [0.15, 0.2) is 0 Å². The average Bonchev–Trinajstić information content (AvgIpc) is 1.90. The summed E-state index contributed by atoms with van der Waals surface area (Å²) in [5, 5.41) is 0. The van der Waals surface area contributed by atoms with Crippen molar-refractivity contribution in [2.24, 2.45) is 0 Å². The second kappa shape index (κ2) is 9.28. The van der Waals surface area contributed by atoms with Gasteiger partial charge in [0.1, 0.15) is 6.61 Å². The molecule has 1 aliphatic rings. The third-order valence-electron chi connectivity index (χ3n) is 0.833. The van der Waals surface area contributed by atoms with Gasteiger partial charge in [0.2, 0.25) is 0 Å². The van der Waals surface area contributed by atoms with Gasteiger partial charge in [0.25, 0.3) is 0 Å². The molecule has 0 aromatic carbocycles. The molecule has 1 heterocycles. The first-order chi connectivity index (χ1) is 3.93. The van der Waals surface area contributed by atoms with Crippen LogP contribution in [0.4, 0.5) is 0 Å². The van der Waals surface area contributed by atoms with Crippen LogP contribution in [0.25, 0.3) is 5.53 Å². The fraction of sp³-hybridized carbons (Fsp3) is 0.750. The van der Waals surface area contributed by atoms with Crippen LogP contribution in [0.3, 0.4) is 0 Å². The van der Waals surface area contributed by atoms with Crippen molar-refractivity contribution in [3.63, 3.8) is 0 Å². The summed E-state index contributed by atoms with van der Waals surface area (Å²) in [4.78, 5) is 2.82. The van der Waals surface area contributed by atoms with Gasteiger partial charge in [-0.05, 0) is 0 Å². The van der Waals surface area contributed by atoms with Crippen molar-refractivity contribution < 1.29 is 14.3 Å². The molecule has 4 nitrogen and oxygen atoms in total. The molecular formula is C4H6BaN2O2Sr. The van der Waals surface area contributed by atoms with Gasteiger partial charge >= 0.3 is 5.90 Å². The number of rotatable bonds is 0. The second-order valence-corrected chi connectivity index (χ2v) is 1.39. The van der Waals surface area contributed by atoms with E-state index in [1.807, 2.05) is 0 Å². The summed E-state index contributed by atoms with van der Waals surface area (Å²) in [5.74, 6) is 0.260. The molecule has 0 aliphatic carbocycles. The van der Waals surface area contributed by atoms with Crippen LogP contribution in [-0.2, 0) is 9.47 Å². The average molecular weight is 339 g/mol. The fourth-order valence-electron chi connectivity index (χ4n) is 0.477. The zero-order valence-electron chi connectivity index (χ0n) is 5.75. The minimum atomic E-state index is 0. The summed E-state index contributed by atoms with van der Waals surface area (Å²) >= 11 is 0. The van der Waals surface area contributed by atoms with E-state index in [9.17, 15) is 0 Å². The maximum Gasteiger partial charge on any atom is 0.475 e. The van der Waals surface area contributed by atoms with Crippen LogP contribution >= 0.6 is 0 Å². The van der Waals surface area contributed by atoms with E-state index in [1.165, 1.54) is 0 Å². The van der Waals surface area contributed by atoms with E-state index >= 15 is 0 Å². The van der Waals surface area contributed by atoms with Crippen LogP contribution < -0.4 is 0 Å².